The van der Waals surface area contributed by atoms with Crippen LogP contribution in [0.25, 0.3) is 39.8 Å². The predicted octanol–water partition coefficient (Wildman–Crippen LogP) is 4.45. The van der Waals surface area contributed by atoms with Gasteiger partial charge in [-0.25, -0.2) is 18.3 Å². The number of rotatable bonds is 4. The highest BCUT2D eigenvalue weighted by Crippen LogP contribution is 2.31. The molecule has 4 aromatic heterocycles. The van der Waals surface area contributed by atoms with Gasteiger partial charge in [0, 0.05) is 23.5 Å². The maximum atomic E-state index is 13.7. The summed E-state index contributed by atoms with van der Waals surface area (Å²) in [6.45, 7) is 0. The van der Waals surface area contributed by atoms with Crippen LogP contribution in [-0.2, 0) is 0 Å². The number of aromatic nitrogens is 6. The molecule has 0 atom stereocenters. The number of nitrogens with zero attached hydrogens (tertiary/aromatic N) is 6. The quantitative estimate of drug-likeness (QED) is 0.451. The van der Waals surface area contributed by atoms with E-state index >= 15 is 0 Å². The lowest BCUT2D eigenvalue weighted by Gasteiger charge is -2.08. The molecule has 5 rings (SSSR count). The zero-order chi connectivity index (χ0) is 19.8. The van der Waals surface area contributed by atoms with Crippen molar-refractivity contribution in [2.75, 3.05) is 0 Å². The molecule has 0 aliphatic heterocycles. The van der Waals surface area contributed by atoms with Gasteiger partial charge in [0.05, 0.1) is 11.9 Å². The Morgan fingerprint density at radius 3 is 2.41 bits per heavy atom. The Bertz CT molecular complexity index is 1280. The molecule has 5 aromatic rings. The molecule has 0 bridgehead atoms. The zero-order valence-electron chi connectivity index (χ0n) is 14.8. The van der Waals surface area contributed by atoms with Crippen molar-refractivity contribution < 1.29 is 13.2 Å². The van der Waals surface area contributed by atoms with Crippen molar-refractivity contribution in [2.24, 2.45) is 0 Å². The van der Waals surface area contributed by atoms with Crippen molar-refractivity contribution in [3.63, 3.8) is 0 Å². The average molecular weight is 390 g/mol. The molecule has 9 heteroatoms. The van der Waals surface area contributed by atoms with Crippen LogP contribution in [0.4, 0.5) is 8.78 Å². The second kappa shape index (κ2) is 6.86. The Morgan fingerprint density at radius 1 is 0.897 bits per heavy atom. The fraction of sp³-hybridized carbons (Fsp3) is 0.0500. The van der Waals surface area contributed by atoms with Gasteiger partial charge in [0.25, 0.3) is 12.3 Å². The molecule has 0 aliphatic rings. The molecule has 0 saturated carbocycles. The molecule has 0 fully saturated rings. The number of pyridine rings is 1. The van der Waals surface area contributed by atoms with Gasteiger partial charge in [-0.15, -0.1) is 10.2 Å². The molecule has 0 spiro atoms. The van der Waals surface area contributed by atoms with Crippen LogP contribution in [0.3, 0.4) is 0 Å². The van der Waals surface area contributed by atoms with Gasteiger partial charge in [-0.1, -0.05) is 30.3 Å². The van der Waals surface area contributed by atoms with Crippen molar-refractivity contribution >= 4 is 5.65 Å². The van der Waals surface area contributed by atoms with Gasteiger partial charge in [-0.3, -0.25) is 4.98 Å². The topological polar surface area (TPSA) is 82.0 Å². The molecule has 0 N–H and O–H groups in total. The van der Waals surface area contributed by atoms with Gasteiger partial charge >= 0.3 is 0 Å². The Labute approximate surface area is 162 Å². The van der Waals surface area contributed by atoms with Gasteiger partial charge in [-0.2, -0.15) is 5.10 Å². The monoisotopic (exact) mass is 390 g/mol. The van der Waals surface area contributed by atoms with E-state index in [4.69, 9.17) is 4.42 Å². The molecule has 29 heavy (non-hydrogen) atoms. The highest BCUT2D eigenvalue weighted by atomic mass is 19.3. The van der Waals surface area contributed by atoms with Crippen LogP contribution in [0.2, 0.25) is 0 Å². The SMILES string of the molecule is FC(F)c1cc(-c2ccccc2)nc2c(-c3nnc(-c4ccncc4)o3)cnn12. The van der Waals surface area contributed by atoms with Gasteiger partial charge in [-0.05, 0) is 18.2 Å². The first kappa shape index (κ1) is 17.1. The van der Waals surface area contributed by atoms with Crippen LogP contribution in [-0.4, -0.2) is 29.8 Å². The van der Waals surface area contributed by atoms with Gasteiger partial charge in [0.15, 0.2) is 5.65 Å². The summed E-state index contributed by atoms with van der Waals surface area (Å²) in [4.78, 5) is 8.49. The van der Waals surface area contributed by atoms with Crippen molar-refractivity contribution in [3.8, 4) is 34.2 Å². The smallest absolute Gasteiger partial charge is 0.280 e. The molecule has 0 aliphatic carbocycles. The third kappa shape index (κ3) is 3.02. The fourth-order valence-electron chi connectivity index (χ4n) is 2.99. The molecule has 7 nitrogen and oxygen atoms in total. The van der Waals surface area contributed by atoms with E-state index in [-0.39, 0.29) is 23.1 Å². The van der Waals surface area contributed by atoms with E-state index < -0.39 is 6.43 Å². The van der Waals surface area contributed by atoms with E-state index in [2.05, 4.69) is 25.3 Å². The van der Waals surface area contributed by atoms with E-state index in [0.29, 0.717) is 22.4 Å². The zero-order valence-corrected chi connectivity index (χ0v) is 14.8. The molecule has 0 amide bonds. The lowest BCUT2D eigenvalue weighted by atomic mass is 10.1. The van der Waals surface area contributed by atoms with E-state index in [1.54, 1.807) is 36.7 Å². The first-order chi connectivity index (χ1) is 14.2. The van der Waals surface area contributed by atoms with Crippen molar-refractivity contribution in [1.29, 1.82) is 0 Å². The van der Waals surface area contributed by atoms with E-state index in [0.717, 1.165) is 4.52 Å². The number of alkyl halides is 2. The van der Waals surface area contributed by atoms with Crippen molar-refractivity contribution in [3.05, 3.63) is 72.8 Å². The summed E-state index contributed by atoms with van der Waals surface area (Å²) in [7, 11) is 0. The number of benzene rings is 1. The van der Waals surface area contributed by atoms with Gasteiger partial charge < -0.3 is 4.42 Å². The van der Waals surface area contributed by atoms with Crippen LogP contribution in [0, 0.1) is 0 Å². The molecule has 0 unspecified atom stereocenters. The Kier molecular flexibility index (Phi) is 4.05. The van der Waals surface area contributed by atoms with Crippen LogP contribution < -0.4 is 0 Å². The molecule has 0 saturated heterocycles. The molecule has 142 valence electrons. The largest absolute Gasteiger partial charge is 0.416 e. The predicted molar refractivity (Wildman–Crippen MR) is 99.9 cm³/mol. The minimum Gasteiger partial charge on any atom is -0.416 e. The number of fused-ring (bicyclic) bond motifs is 1. The van der Waals surface area contributed by atoms with Crippen LogP contribution >= 0.6 is 0 Å². The van der Waals surface area contributed by atoms with E-state index in [1.807, 2.05) is 18.2 Å². The Morgan fingerprint density at radius 2 is 1.66 bits per heavy atom. The molecular weight excluding hydrogens is 378 g/mol. The Hall–Kier alpha value is -4.01. The third-order valence-electron chi connectivity index (χ3n) is 4.38. The summed E-state index contributed by atoms with van der Waals surface area (Å²) >= 11 is 0. The molecule has 1 aromatic carbocycles. The lowest BCUT2D eigenvalue weighted by molar-refractivity contribution is 0.143. The summed E-state index contributed by atoms with van der Waals surface area (Å²) in [6.07, 6.45) is 1.88. The average Bonchev–Trinajstić information content (AvgIpc) is 3.41. The van der Waals surface area contributed by atoms with E-state index in [1.165, 1.54) is 12.3 Å². The summed E-state index contributed by atoms with van der Waals surface area (Å²) in [5, 5.41) is 12.1. The number of hydrogen-bond acceptors (Lipinski definition) is 6. The van der Waals surface area contributed by atoms with Crippen LogP contribution in [0.15, 0.2) is 71.5 Å². The lowest BCUT2D eigenvalue weighted by Crippen LogP contribution is -2.02. The summed E-state index contributed by atoms with van der Waals surface area (Å²) in [5.74, 6) is 0.430. The second-order valence-electron chi connectivity index (χ2n) is 6.17. The molecule has 4 heterocycles. The van der Waals surface area contributed by atoms with Crippen molar-refractivity contribution in [2.45, 2.75) is 6.43 Å². The highest BCUT2D eigenvalue weighted by molar-refractivity contribution is 5.74. The Balaban J connectivity index is 1.68. The first-order valence-corrected chi connectivity index (χ1v) is 8.67. The summed E-state index contributed by atoms with van der Waals surface area (Å²) < 4.78 is 34.2. The second-order valence-corrected chi connectivity index (χ2v) is 6.17. The third-order valence-corrected chi connectivity index (χ3v) is 4.38. The highest BCUT2D eigenvalue weighted by Gasteiger charge is 2.22. The summed E-state index contributed by atoms with van der Waals surface area (Å²) in [5.41, 5.74) is 2.13. The minimum absolute atomic E-state index is 0.143. The minimum atomic E-state index is -2.73. The fourth-order valence-corrected chi connectivity index (χ4v) is 2.99. The molecule has 0 radical (unpaired) electrons. The number of halogens is 2. The van der Waals surface area contributed by atoms with Crippen LogP contribution in [0.5, 0.6) is 0 Å². The maximum Gasteiger partial charge on any atom is 0.280 e. The first-order valence-electron chi connectivity index (χ1n) is 8.67. The van der Waals surface area contributed by atoms with Crippen molar-refractivity contribution in [1.82, 2.24) is 29.8 Å². The standard InChI is InChI=1S/C20H12F2N6O/c21-17(22)16-10-15(12-4-2-1-3-5-12)25-18-14(11-24-28(16)18)20-27-26-19(29-20)13-6-8-23-9-7-13/h1-11,17H. The van der Waals surface area contributed by atoms with E-state index in [9.17, 15) is 8.78 Å². The van der Waals surface area contributed by atoms with Crippen LogP contribution in [0.1, 0.15) is 12.1 Å². The normalized spacial score (nSPS) is 11.4. The van der Waals surface area contributed by atoms with Gasteiger partial charge in [0.1, 0.15) is 11.3 Å². The summed E-state index contributed by atoms with van der Waals surface area (Å²) in [6, 6.07) is 13.9. The number of hydrogen-bond donors (Lipinski definition) is 0. The molecular formula is C20H12F2N6O. The van der Waals surface area contributed by atoms with Gasteiger partial charge in [0.2, 0.25) is 5.89 Å². The maximum absolute atomic E-state index is 13.7.